The van der Waals surface area contributed by atoms with Gasteiger partial charge in [-0.1, -0.05) is 0 Å². The molecule has 0 atom stereocenters. The van der Waals surface area contributed by atoms with E-state index in [4.69, 9.17) is 11.6 Å². The zero-order chi connectivity index (χ0) is 13.2. The van der Waals surface area contributed by atoms with E-state index in [0.29, 0.717) is 11.8 Å². The molecule has 5 nitrogen and oxygen atoms in total. The van der Waals surface area contributed by atoms with Crippen molar-refractivity contribution in [3.8, 4) is 11.4 Å². The maximum atomic E-state index is 6.03. The van der Waals surface area contributed by atoms with E-state index in [9.17, 15) is 0 Å². The number of aromatic nitrogens is 4. The molecule has 0 aliphatic carbocycles. The molecular formula is C13H14ClN5. The Kier molecular flexibility index (Phi) is 3.29. The number of pyridine rings is 1. The first-order chi connectivity index (χ1) is 9.24. The summed E-state index contributed by atoms with van der Waals surface area (Å²) < 4.78 is 0. The number of halogens is 1. The van der Waals surface area contributed by atoms with Crippen LogP contribution < -0.4 is 4.90 Å². The molecule has 1 aliphatic rings. The van der Waals surface area contributed by atoms with E-state index in [1.807, 2.05) is 13.0 Å². The van der Waals surface area contributed by atoms with E-state index in [1.54, 1.807) is 12.4 Å². The van der Waals surface area contributed by atoms with Gasteiger partial charge in [-0.05, 0) is 43.0 Å². The van der Waals surface area contributed by atoms with Crippen molar-refractivity contribution < 1.29 is 0 Å². The summed E-state index contributed by atoms with van der Waals surface area (Å²) in [6.45, 7) is 3.94. The first-order valence-corrected chi connectivity index (χ1v) is 6.69. The van der Waals surface area contributed by atoms with Crippen LogP contribution >= 0.6 is 11.6 Å². The molecule has 3 rings (SSSR count). The minimum absolute atomic E-state index is 0.239. The highest BCUT2D eigenvalue weighted by Crippen LogP contribution is 2.23. The lowest BCUT2D eigenvalue weighted by molar-refractivity contribution is 0.882. The number of hydrogen-bond donors (Lipinski definition) is 0. The molecule has 0 unspecified atom stereocenters. The fourth-order valence-corrected chi connectivity index (χ4v) is 2.40. The van der Waals surface area contributed by atoms with E-state index >= 15 is 0 Å². The molecule has 0 N–H and O–H groups in total. The highest BCUT2D eigenvalue weighted by atomic mass is 35.5. The second kappa shape index (κ2) is 5.09. The van der Waals surface area contributed by atoms with Crippen molar-refractivity contribution in [2.75, 3.05) is 18.0 Å². The minimum atomic E-state index is 0.239. The summed E-state index contributed by atoms with van der Waals surface area (Å²) in [6.07, 6.45) is 5.87. The summed E-state index contributed by atoms with van der Waals surface area (Å²) in [5.41, 5.74) is 1.97. The zero-order valence-corrected chi connectivity index (χ0v) is 11.4. The molecule has 0 radical (unpaired) electrons. The molecule has 19 heavy (non-hydrogen) atoms. The van der Waals surface area contributed by atoms with Gasteiger partial charge in [0.1, 0.15) is 0 Å². The van der Waals surface area contributed by atoms with Gasteiger partial charge in [-0.25, -0.2) is 0 Å². The molecule has 1 saturated heterocycles. The van der Waals surface area contributed by atoms with Crippen LogP contribution in [-0.2, 0) is 0 Å². The lowest BCUT2D eigenvalue weighted by Crippen LogP contribution is -2.21. The zero-order valence-electron chi connectivity index (χ0n) is 10.7. The van der Waals surface area contributed by atoms with E-state index in [-0.39, 0.29) is 5.28 Å². The van der Waals surface area contributed by atoms with Crippen molar-refractivity contribution in [1.82, 2.24) is 19.9 Å². The number of anilines is 1. The Morgan fingerprint density at radius 1 is 1.16 bits per heavy atom. The molecule has 0 amide bonds. The maximum absolute atomic E-state index is 6.03. The molecule has 6 heteroatoms. The van der Waals surface area contributed by atoms with Gasteiger partial charge in [-0.2, -0.15) is 15.0 Å². The number of hydrogen-bond acceptors (Lipinski definition) is 5. The van der Waals surface area contributed by atoms with Crippen LogP contribution in [0.1, 0.15) is 18.4 Å². The Balaban J connectivity index is 2.04. The van der Waals surface area contributed by atoms with Crippen molar-refractivity contribution in [2.24, 2.45) is 0 Å². The summed E-state index contributed by atoms with van der Waals surface area (Å²) in [6, 6.07) is 1.90. The van der Waals surface area contributed by atoms with E-state index in [1.165, 1.54) is 12.8 Å². The first-order valence-electron chi connectivity index (χ1n) is 6.31. The third-order valence-corrected chi connectivity index (χ3v) is 3.42. The standard InChI is InChI=1S/C13H14ClN5/c1-9-8-15-5-4-10(9)11-16-12(14)18-13(17-11)19-6-2-3-7-19/h4-5,8H,2-3,6-7H2,1H3. The Labute approximate surface area is 116 Å². The fourth-order valence-electron chi connectivity index (χ4n) is 2.24. The lowest BCUT2D eigenvalue weighted by Gasteiger charge is -2.15. The summed E-state index contributed by atoms with van der Waals surface area (Å²) >= 11 is 6.03. The Hall–Kier alpha value is -1.75. The number of rotatable bonds is 2. The fraction of sp³-hybridized carbons (Fsp3) is 0.385. The predicted octanol–water partition coefficient (Wildman–Crippen LogP) is 2.50. The van der Waals surface area contributed by atoms with Gasteiger partial charge in [-0.15, -0.1) is 0 Å². The highest BCUT2D eigenvalue weighted by Gasteiger charge is 2.17. The molecule has 1 aliphatic heterocycles. The maximum Gasteiger partial charge on any atom is 0.230 e. The third kappa shape index (κ3) is 2.51. The van der Waals surface area contributed by atoms with Crippen LogP contribution in [0.4, 0.5) is 5.95 Å². The average Bonchev–Trinajstić information content (AvgIpc) is 2.92. The Morgan fingerprint density at radius 2 is 1.95 bits per heavy atom. The van der Waals surface area contributed by atoms with Crippen LogP contribution in [0.2, 0.25) is 5.28 Å². The number of nitrogens with zero attached hydrogens (tertiary/aromatic N) is 5. The summed E-state index contributed by atoms with van der Waals surface area (Å²) in [4.78, 5) is 19.2. The summed E-state index contributed by atoms with van der Waals surface area (Å²) in [5.74, 6) is 1.28. The number of aryl methyl sites for hydroxylation is 1. The van der Waals surface area contributed by atoms with Crippen LogP contribution in [0, 0.1) is 6.92 Å². The Bertz CT molecular complexity index is 595. The molecule has 0 aromatic carbocycles. The SMILES string of the molecule is Cc1cnccc1-c1nc(Cl)nc(N2CCCC2)n1. The second-order valence-electron chi connectivity index (χ2n) is 4.61. The van der Waals surface area contributed by atoms with E-state index in [0.717, 1.165) is 24.2 Å². The first kappa shape index (κ1) is 12.3. The molecule has 2 aromatic heterocycles. The van der Waals surface area contributed by atoms with Crippen molar-refractivity contribution in [2.45, 2.75) is 19.8 Å². The molecule has 1 fully saturated rings. The van der Waals surface area contributed by atoms with Crippen LogP contribution in [-0.4, -0.2) is 33.0 Å². The van der Waals surface area contributed by atoms with Crippen LogP contribution in [0.5, 0.6) is 0 Å². The van der Waals surface area contributed by atoms with Gasteiger partial charge >= 0.3 is 0 Å². The molecular weight excluding hydrogens is 262 g/mol. The van der Waals surface area contributed by atoms with Gasteiger partial charge in [0.05, 0.1) is 0 Å². The third-order valence-electron chi connectivity index (χ3n) is 3.25. The molecule has 3 heterocycles. The lowest BCUT2D eigenvalue weighted by atomic mass is 10.1. The Morgan fingerprint density at radius 3 is 2.68 bits per heavy atom. The van der Waals surface area contributed by atoms with Crippen LogP contribution in [0.25, 0.3) is 11.4 Å². The van der Waals surface area contributed by atoms with Gasteiger partial charge in [-0.3, -0.25) is 4.98 Å². The van der Waals surface area contributed by atoms with Crippen molar-refractivity contribution >= 4 is 17.5 Å². The topological polar surface area (TPSA) is 54.8 Å². The largest absolute Gasteiger partial charge is 0.341 e. The van der Waals surface area contributed by atoms with Gasteiger partial charge < -0.3 is 4.90 Å². The van der Waals surface area contributed by atoms with Crippen LogP contribution in [0.15, 0.2) is 18.5 Å². The van der Waals surface area contributed by atoms with Gasteiger partial charge in [0.2, 0.25) is 11.2 Å². The summed E-state index contributed by atoms with van der Waals surface area (Å²) in [7, 11) is 0. The van der Waals surface area contributed by atoms with Gasteiger partial charge in [0, 0.05) is 31.0 Å². The second-order valence-corrected chi connectivity index (χ2v) is 4.95. The van der Waals surface area contributed by atoms with Crippen molar-refractivity contribution in [3.63, 3.8) is 0 Å². The smallest absolute Gasteiger partial charge is 0.230 e. The monoisotopic (exact) mass is 275 g/mol. The normalized spacial score (nSPS) is 14.9. The highest BCUT2D eigenvalue weighted by molar-refractivity contribution is 6.28. The van der Waals surface area contributed by atoms with Crippen molar-refractivity contribution in [1.29, 1.82) is 0 Å². The van der Waals surface area contributed by atoms with E-state index in [2.05, 4.69) is 24.8 Å². The van der Waals surface area contributed by atoms with Gasteiger partial charge in [0.25, 0.3) is 0 Å². The molecule has 0 spiro atoms. The molecule has 98 valence electrons. The van der Waals surface area contributed by atoms with Crippen molar-refractivity contribution in [3.05, 3.63) is 29.3 Å². The molecule has 0 bridgehead atoms. The van der Waals surface area contributed by atoms with Crippen LogP contribution in [0.3, 0.4) is 0 Å². The van der Waals surface area contributed by atoms with E-state index < -0.39 is 0 Å². The van der Waals surface area contributed by atoms with Gasteiger partial charge in [0.15, 0.2) is 5.82 Å². The predicted molar refractivity (Wildman–Crippen MR) is 74.3 cm³/mol. The molecule has 2 aromatic rings. The molecule has 0 saturated carbocycles. The minimum Gasteiger partial charge on any atom is -0.341 e. The summed E-state index contributed by atoms with van der Waals surface area (Å²) in [5, 5.41) is 0.239. The average molecular weight is 276 g/mol. The quantitative estimate of drug-likeness (QED) is 0.843.